The molecule has 0 saturated heterocycles. The molecule has 0 fully saturated rings. The Morgan fingerprint density at radius 2 is 1.65 bits per heavy atom. The first-order valence-electron chi connectivity index (χ1n) is 10.7. The number of imide groups is 1. The Bertz CT molecular complexity index is 940. The lowest BCUT2D eigenvalue weighted by Gasteiger charge is -2.25. The Labute approximate surface area is 184 Å². The van der Waals surface area contributed by atoms with Crippen molar-refractivity contribution in [2.75, 3.05) is 33.4 Å². The Balaban J connectivity index is 2.02. The molecule has 2 aromatic carbocycles. The van der Waals surface area contributed by atoms with Crippen molar-refractivity contribution in [1.29, 1.82) is 0 Å². The van der Waals surface area contributed by atoms with Gasteiger partial charge < -0.3 is 14.4 Å². The van der Waals surface area contributed by atoms with Gasteiger partial charge in [0.1, 0.15) is 11.4 Å². The third-order valence-electron chi connectivity index (χ3n) is 5.31. The fourth-order valence-electron chi connectivity index (χ4n) is 3.78. The maximum absolute atomic E-state index is 13.5. The molecule has 2 amide bonds. The number of nitrogens with zero attached hydrogens (tertiary/aromatic N) is 2. The van der Waals surface area contributed by atoms with Gasteiger partial charge in [-0.3, -0.25) is 14.5 Å². The number of para-hydroxylation sites is 1. The third-order valence-corrected chi connectivity index (χ3v) is 5.31. The number of ether oxygens (including phenoxy) is 2. The van der Waals surface area contributed by atoms with Gasteiger partial charge in [-0.15, -0.1) is 0 Å². The summed E-state index contributed by atoms with van der Waals surface area (Å²) in [4.78, 5) is 30.2. The average Bonchev–Trinajstić information content (AvgIpc) is 3.05. The summed E-state index contributed by atoms with van der Waals surface area (Å²) >= 11 is 0. The van der Waals surface area contributed by atoms with Crippen molar-refractivity contribution in [3.8, 4) is 5.75 Å². The Kier molecular flexibility index (Phi) is 7.84. The molecule has 0 aliphatic carbocycles. The minimum atomic E-state index is -0.285. The number of amides is 2. The summed E-state index contributed by atoms with van der Waals surface area (Å²) < 4.78 is 10.9. The van der Waals surface area contributed by atoms with Crippen molar-refractivity contribution in [2.24, 2.45) is 0 Å². The molecular weight excluding hydrogens is 392 g/mol. The second-order valence-corrected chi connectivity index (χ2v) is 7.24. The largest absolute Gasteiger partial charge is 0.496 e. The summed E-state index contributed by atoms with van der Waals surface area (Å²) in [6, 6.07) is 17.3. The molecule has 6 nitrogen and oxygen atoms in total. The van der Waals surface area contributed by atoms with E-state index in [0.29, 0.717) is 61.9 Å². The molecule has 0 atom stereocenters. The van der Waals surface area contributed by atoms with Crippen LogP contribution >= 0.6 is 0 Å². The zero-order chi connectivity index (χ0) is 22.2. The molecule has 31 heavy (non-hydrogen) atoms. The number of rotatable bonds is 11. The van der Waals surface area contributed by atoms with Gasteiger partial charge in [-0.2, -0.15) is 0 Å². The van der Waals surface area contributed by atoms with E-state index in [4.69, 9.17) is 9.47 Å². The van der Waals surface area contributed by atoms with E-state index < -0.39 is 0 Å². The maximum atomic E-state index is 13.5. The van der Waals surface area contributed by atoms with Gasteiger partial charge >= 0.3 is 0 Å². The SMILES string of the molecule is CCOCCCN1C(=O)C(c2ccccc2OC)=C(N(CC)Cc2ccccc2)C1=O. The van der Waals surface area contributed by atoms with Crippen LogP contribution in [0.15, 0.2) is 60.3 Å². The normalized spacial score (nSPS) is 13.8. The molecule has 0 aromatic heterocycles. The Morgan fingerprint density at radius 1 is 0.935 bits per heavy atom. The fraction of sp³-hybridized carbons (Fsp3) is 0.360. The fourth-order valence-corrected chi connectivity index (χ4v) is 3.78. The number of carbonyl (C=O) groups excluding carboxylic acids is 2. The number of likely N-dealkylation sites (N-methyl/N-ethyl adjacent to an activating group) is 1. The lowest BCUT2D eigenvalue weighted by atomic mass is 10.0. The number of hydrogen-bond acceptors (Lipinski definition) is 5. The van der Waals surface area contributed by atoms with Crippen LogP contribution in [0.25, 0.3) is 5.57 Å². The molecule has 3 rings (SSSR count). The van der Waals surface area contributed by atoms with Gasteiger partial charge in [-0.05, 0) is 31.9 Å². The smallest absolute Gasteiger partial charge is 0.277 e. The van der Waals surface area contributed by atoms with Gasteiger partial charge in [0.25, 0.3) is 11.8 Å². The second kappa shape index (κ2) is 10.8. The Morgan fingerprint density at radius 3 is 2.32 bits per heavy atom. The highest BCUT2D eigenvalue weighted by molar-refractivity contribution is 6.36. The molecule has 0 spiro atoms. The van der Waals surface area contributed by atoms with Crippen molar-refractivity contribution in [1.82, 2.24) is 9.80 Å². The van der Waals surface area contributed by atoms with Crippen molar-refractivity contribution in [3.05, 3.63) is 71.4 Å². The van der Waals surface area contributed by atoms with E-state index in [1.165, 1.54) is 4.90 Å². The molecule has 164 valence electrons. The van der Waals surface area contributed by atoms with Crippen LogP contribution in [-0.2, 0) is 20.9 Å². The number of benzene rings is 2. The molecule has 1 aliphatic heterocycles. The van der Waals surface area contributed by atoms with Crippen LogP contribution < -0.4 is 4.74 Å². The molecule has 0 bridgehead atoms. The highest BCUT2D eigenvalue weighted by Crippen LogP contribution is 2.36. The van der Waals surface area contributed by atoms with Crippen LogP contribution in [0, 0.1) is 0 Å². The van der Waals surface area contributed by atoms with Gasteiger partial charge in [0, 0.05) is 38.4 Å². The lowest BCUT2D eigenvalue weighted by Crippen LogP contribution is -2.36. The Hall–Kier alpha value is -3.12. The van der Waals surface area contributed by atoms with Crippen LogP contribution in [0.1, 0.15) is 31.4 Å². The molecule has 2 aromatic rings. The molecular formula is C25H30N2O4. The van der Waals surface area contributed by atoms with E-state index >= 15 is 0 Å². The van der Waals surface area contributed by atoms with Crippen LogP contribution in [0.4, 0.5) is 0 Å². The first-order chi connectivity index (χ1) is 15.1. The van der Waals surface area contributed by atoms with Crippen LogP contribution in [-0.4, -0.2) is 55.0 Å². The van der Waals surface area contributed by atoms with Gasteiger partial charge in [0.2, 0.25) is 0 Å². The number of methoxy groups -OCH3 is 1. The van der Waals surface area contributed by atoms with E-state index in [-0.39, 0.29) is 11.8 Å². The number of carbonyl (C=O) groups is 2. The molecule has 0 N–H and O–H groups in total. The first kappa shape index (κ1) is 22.6. The van der Waals surface area contributed by atoms with E-state index in [1.807, 2.05) is 73.3 Å². The van der Waals surface area contributed by atoms with E-state index in [1.54, 1.807) is 7.11 Å². The molecule has 0 saturated carbocycles. The summed E-state index contributed by atoms with van der Waals surface area (Å²) in [7, 11) is 1.57. The summed E-state index contributed by atoms with van der Waals surface area (Å²) in [6.45, 7) is 6.49. The van der Waals surface area contributed by atoms with Gasteiger partial charge in [-0.1, -0.05) is 48.5 Å². The lowest BCUT2D eigenvalue weighted by molar-refractivity contribution is -0.137. The van der Waals surface area contributed by atoms with Crippen LogP contribution in [0.3, 0.4) is 0 Å². The molecule has 1 aliphatic rings. The summed E-state index contributed by atoms with van der Waals surface area (Å²) in [6.07, 6.45) is 0.600. The quantitative estimate of drug-likeness (QED) is 0.408. The minimum absolute atomic E-state index is 0.264. The molecule has 1 heterocycles. The minimum Gasteiger partial charge on any atom is -0.496 e. The van der Waals surface area contributed by atoms with Crippen molar-refractivity contribution >= 4 is 17.4 Å². The monoisotopic (exact) mass is 422 g/mol. The highest BCUT2D eigenvalue weighted by Gasteiger charge is 2.41. The zero-order valence-corrected chi connectivity index (χ0v) is 18.5. The molecule has 6 heteroatoms. The number of hydrogen-bond donors (Lipinski definition) is 0. The summed E-state index contributed by atoms with van der Waals surface area (Å²) in [5.41, 5.74) is 2.54. The van der Waals surface area contributed by atoms with Crippen molar-refractivity contribution in [2.45, 2.75) is 26.8 Å². The average molecular weight is 423 g/mol. The van der Waals surface area contributed by atoms with Gasteiger partial charge in [0.05, 0.1) is 12.7 Å². The third kappa shape index (κ3) is 4.97. The maximum Gasteiger partial charge on any atom is 0.277 e. The van der Waals surface area contributed by atoms with Gasteiger partial charge in [0.15, 0.2) is 0 Å². The highest BCUT2D eigenvalue weighted by atomic mass is 16.5. The molecule has 0 radical (unpaired) electrons. The summed E-state index contributed by atoms with van der Waals surface area (Å²) in [5, 5.41) is 0. The van der Waals surface area contributed by atoms with E-state index in [9.17, 15) is 9.59 Å². The zero-order valence-electron chi connectivity index (χ0n) is 18.5. The van der Waals surface area contributed by atoms with E-state index in [0.717, 1.165) is 5.56 Å². The first-order valence-corrected chi connectivity index (χ1v) is 10.7. The standard InChI is InChI=1S/C25H30N2O4/c1-4-26(18-19-12-7-6-8-13-19)23-22(20-14-9-10-15-21(20)30-3)24(28)27(25(23)29)16-11-17-31-5-2/h6-10,12-15H,4-5,11,16-18H2,1-3H3. The molecule has 0 unspecified atom stereocenters. The summed E-state index contributed by atoms with van der Waals surface area (Å²) in [5.74, 6) is 0.0239. The topological polar surface area (TPSA) is 59.1 Å². The van der Waals surface area contributed by atoms with Crippen LogP contribution in [0.2, 0.25) is 0 Å². The van der Waals surface area contributed by atoms with Crippen molar-refractivity contribution in [3.63, 3.8) is 0 Å². The van der Waals surface area contributed by atoms with Crippen molar-refractivity contribution < 1.29 is 19.1 Å². The van der Waals surface area contributed by atoms with Gasteiger partial charge in [-0.25, -0.2) is 0 Å². The van der Waals surface area contributed by atoms with Crippen LogP contribution in [0.5, 0.6) is 5.75 Å². The second-order valence-electron chi connectivity index (χ2n) is 7.24. The predicted octanol–water partition coefficient (Wildman–Crippen LogP) is 3.72. The predicted molar refractivity (Wildman–Crippen MR) is 120 cm³/mol. The van der Waals surface area contributed by atoms with E-state index in [2.05, 4.69) is 0 Å².